The van der Waals surface area contributed by atoms with Gasteiger partial charge in [0.2, 0.25) is 0 Å². The summed E-state index contributed by atoms with van der Waals surface area (Å²) >= 11 is 0. The zero-order chi connectivity index (χ0) is 15.3. The van der Waals surface area contributed by atoms with Gasteiger partial charge in [-0.05, 0) is 13.3 Å². The van der Waals surface area contributed by atoms with E-state index in [0.29, 0.717) is 13.0 Å². The third-order valence-corrected chi connectivity index (χ3v) is 3.16. The van der Waals surface area contributed by atoms with Crippen LogP contribution in [0.4, 0.5) is 4.79 Å². The second-order valence-electron chi connectivity index (χ2n) is 5.18. The zero-order valence-corrected chi connectivity index (χ0v) is 11.6. The van der Waals surface area contributed by atoms with Gasteiger partial charge in [-0.2, -0.15) is 0 Å². The SMILES string of the molecule is COC(=O)C1CCN(C(=O)NCC(C)(O)CC(=O)O)C1. The summed E-state index contributed by atoms with van der Waals surface area (Å²) in [5, 5.41) is 20.9. The fourth-order valence-corrected chi connectivity index (χ4v) is 2.07. The van der Waals surface area contributed by atoms with Gasteiger partial charge in [-0.1, -0.05) is 0 Å². The molecule has 1 aliphatic heterocycles. The minimum atomic E-state index is -1.51. The molecule has 0 saturated carbocycles. The number of hydrogen-bond donors (Lipinski definition) is 3. The number of nitrogens with one attached hydrogen (secondary N) is 1. The minimum Gasteiger partial charge on any atom is -0.481 e. The average Bonchev–Trinajstić information content (AvgIpc) is 2.83. The minimum absolute atomic E-state index is 0.169. The number of aliphatic hydroxyl groups is 1. The molecule has 0 spiro atoms. The van der Waals surface area contributed by atoms with Crippen molar-refractivity contribution in [2.24, 2.45) is 5.92 Å². The van der Waals surface area contributed by atoms with Crippen LogP contribution in [0.1, 0.15) is 19.8 Å². The highest BCUT2D eigenvalue weighted by molar-refractivity contribution is 5.78. The third kappa shape index (κ3) is 4.69. The van der Waals surface area contributed by atoms with Crippen LogP contribution in [0.2, 0.25) is 0 Å². The Labute approximate surface area is 116 Å². The van der Waals surface area contributed by atoms with E-state index in [2.05, 4.69) is 10.1 Å². The molecule has 1 aliphatic rings. The second-order valence-corrected chi connectivity index (χ2v) is 5.18. The topological polar surface area (TPSA) is 116 Å². The van der Waals surface area contributed by atoms with Gasteiger partial charge in [-0.25, -0.2) is 4.79 Å². The summed E-state index contributed by atoms with van der Waals surface area (Å²) in [4.78, 5) is 35.1. The van der Waals surface area contributed by atoms with E-state index in [1.807, 2.05) is 0 Å². The average molecular weight is 288 g/mol. The van der Waals surface area contributed by atoms with Gasteiger partial charge < -0.3 is 25.2 Å². The molecular weight excluding hydrogens is 268 g/mol. The van der Waals surface area contributed by atoms with Gasteiger partial charge in [0.15, 0.2) is 0 Å². The lowest BCUT2D eigenvalue weighted by Crippen LogP contribution is -2.47. The Kier molecular flexibility index (Phi) is 5.32. The Bertz CT molecular complexity index is 395. The van der Waals surface area contributed by atoms with Crippen LogP contribution >= 0.6 is 0 Å². The van der Waals surface area contributed by atoms with Gasteiger partial charge in [-0.3, -0.25) is 9.59 Å². The molecule has 8 nitrogen and oxygen atoms in total. The van der Waals surface area contributed by atoms with E-state index in [1.165, 1.54) is 18.9 Å². The van der Waals surface area contributed by atoms with Gasteiger partial charge in [-0.15, -0.1) is 0 Å². The Balaban J connectivity index is 2.41. The number of ether oxygens (including phenoxy) is 1. The number of aliphatic carboxylic acids is 1. The number of carboxylic acid groups (broad SMARTS) is 1. The van der Waals surface area contributed by atoms with Crippen LogP contribution in [0, 0.1) is 5.92 Å². The number of likely N-dealkylation sites (tertiary alicyclic amines) is 1. The predicted octanol–water partition coefficient (Wildman–Crippen LogP) is -0.583. The number of rotatable bonds is 5. The lowest BCUT2D eigenvalue weighted by Gasteiger charge is -2.24. The van der Waals surface area contributed by atoms with Crippen molar-refractivity contribution in [2.45, 2.75) is 25.4 Å². The standard InChI is InChI=1S/C12H20N2O6/c1-12(19,5-9(15)16)7-13-11(18)14-4-3-8(6-14)10(17)20-2/h8,19H,3-7H2,1-2H3,(H,13,18)(H,15,16). The molecule has 0 aromatic carbocycles. The van der Waals surface area contributed by atoms with Crippen LogP contribution < -0.4 is 5.32 Å². The molecule has 2 unspecified atom stereocenters. The highest BCUT2D eigenvalue weighted by Gasteiger charge is 2.32. The van der Waals surface area contributed by atoms with E-state index in [4.69, 9.17) is 5.11 Å². The number of amides is 2. The number of carbonyl (C=O) groups excluding carboxylic acids is 2. The molecule has 114 valence electrons. The first-order chi connectivity index (χ1) is 9.25. The molecule has 0 bridgehead atoms. The smallest absolute Gasteiger partial charge is 0.317 e. The lowest BCUT2D eigenvalue weighted by molar-refractivity contribution is -0.145. The molecule has 1 saturated heterocycles. The molecule has 0 aromatic heterocycles. The van der Waals surface area contributed by atoms with Gasteiger partial charge in [0.05, 0.1) is 25.0 Å². The van der Waals surface area contributed by atoms with Crippen molar-refractivity contribution in [3.8, 4) is 0 Å². The zero-order valence-electron chi connectivity index (χ0n) is 11.6. The van der Waals surface area contributed by atoms with Crippen molar-refractivity contribution >= 4 is 18.0 Å². The lowest BCUT2D eigenvalue weighted by atomic mass is 10.0. The van der Waals surface area contributed by atoms with Crippen molar-refractivity contribution in [2.75, 3.05) is 26.7 Å². The number of hydrogen-bond acceptors (Lipinski definition) is 5. The van der Waals surface area contributed by atoms with Crippen molar-refractivity contribution < 1.29 is 29.3 Å². The summed E-state index contributed by atoms with van der Waals surface area (Å²) in [6.45, 7) is 1.85. The van der Waals surface area contributed by atoms with Crippen LogP contribution in [0.15, 0.2) is 0 Å². The monoisotopic (exact) mass is 288 g/mol. The summed E-state index contributed by atoms with van der Waals surface area (Å²) in [5.74, 6) is -1.82. The number of urea groups is 1. The Morgan fingerprint density at radius 1 is 1.45 bits per heavy atom. The molecule has 8 heteroatoms. The molecule has 1 heterocycles. The first-order valence-electron chi connectivity index (χ1n) is 6.30. The van der Waals surface area contributed by atoms with Crippen LogP contribution in [0.5, 0.6) is 0 Å². The summed E-state index contributed by atoms with van der Waals surface area (Å²) in [6, 6.07) is -0.429. The molecule has 1 fully saturated rings. The molecule has 0 radical (unpaired) electrons. The quantitative estimate of drug-likeness (QED) is 0.583. The van der Waals surface area contributed by atoms with Gasteiger partial charge in [0.25, 0.3) is 0 Å². The number of carbonyl (C=O) groups is 3. The van der Waals surface area contributed by atoms with E-state index < -0.39 is 24.0 Å². The molecule has 3 N–H and O–H groups in total. The highest BCUT2D eigenvalue weighted by atomic mass is 16.5. The van der Waals surface area contributed by atoms with E-state index in [-0.39, 0.29) is 25.0 Å². The largest absolute Gasteiger partial charge is 0.481 e. The van der Waals surface area contributed by atoms with E-state index >= 15 is 0 Å². The van der Waals surface area contributed by atoms with Gasteiger partial charge in [0.1, 0.15) is 0 Å². The van der Waals surface area contributed by atoms with Crippen LogP contribution in [-0.2, 0) is 14.3 Å². The third-order valence-electron chi connectivity index (χ3n) is 3.16. The second kappa shape index (κ2) is 6.56. The molecular formula is C12H20N2O6. The Morgan fingerprint density at radius 2 is 2.10 bits per heavy atom. The molecule has 2 amide bonds. The fraction of sp³-hybridized carbons (Fsp3) is 0.750. The van der Waals surface area contributed by atoms with Gasteiger partial charge >= 0.3 is 18.0 Å². The van der Waals surface area contributed by atoms with Crippen molar-refractivity contribution in [3.05, 3.63) is 0 Å². The van der Waals surface area contributed by atoms with Crippen molar-refractivity contribution in [1.29, 1.82) is 0 Å². The molecule has 0 aromatic rings. The maximum atomic E-state index is 11.8. The van der Waals surface area contributed by atoms with Crippen LogP contribution in [0.25, 0.3) is 0 Å². The Hall–Kier alpha value is -1.83. The highest BCUT2D eigenvalue weighted by Crippen LogP contribution is 2.17. The predicted molar refractivity (Wildman–Crippen MR) is 68.0 cm³/mol. The van der Waals surface area contributed by atoms with E-state index in [1.54, 1.807) is 0 Å². The van der Waals surface area contributed by atoms with Crippen LogP contribution in [-0.4, -0.2) is 65.4 Å². The molecule has 20 heavy (non-hydrogen) atoms. The molecule has 1 rings (SSSR count). The number of methoxy groups -OCH3 is 1. The summed E-state index contributed by atoms with van der Waals surface area (Å²) in [7, 11) is 1.30. The number of esters is 1. The summed E-state index contributed by atoms with van der Waals surface area (Å²) in [6.07, 6.45) is 0.0731. The first kappa shape index (κ1) is 16.2. The van der Waals surface area contributed by atoms with E-state index in [9.17, 15) is 19.5 Å². The van der Waals surface area contributed by atoms with Crippen molar-refractivity contribution in [3.63, 3.8) is 0 Å². The van der Waals surface area contributed by atoms with Gasteiger partial charge in [0, 0.05) is 19.6 Å². The number of nitrogens with zero attached hydrogens (tertiary/aromatic N) is 1. The fourth-order valence-electron chi connectivity index (χ4n) is 2.07. The molecule has 0 aliphatic carbocycles. The first-order valence-corrected chi connectivity index (χ1v) is 6.30. The maximum absolute atomic E-state index is 11.8. The van der Waals surface area contributed by atoms with Crippen molar-refractivity contribution in [1.82, 2.24) is 10.2 Å². The molecule has 2 atom stereocenters. The van der Waals surface area contributed by atoms with E-state index in [0.717, 1.165) is 0 Å². The normalized spacial score (nSPS) is 21.1. The summed E-state index contributed by atoms with van der Waals surface area (Å²) < 4.78 is 4.62. The maximum Gasteiger partial charge on any atom is 0.317 e. The summed E-state index contributed by atoms with van der Waals surface area (Å²) in [5.41, 5.74) is -1.51. The Morgan fingerprint density at radius 3 is 2.65 bits per heavy atom. The number of carboxylic acids is 1. The van der Waals surface area contributed by atoms with Crippen LogP contribution in [0.3, 0.4) is 0 Å².